The van der Waals surface area contributed by atoms with Crippen LogP contribution in [0.2, 0.25) is 26.2 Å². The van der Waals surface area contributed by atoms with Crippen LogP contribution in [0.4, 0.5) is 0 Å². The molecule has 0 radical (unpaired) electrons. The Kier molecular flexibility index (Phi) is 30.8. The molecule has 6 heteroatoms. The Bertz CT molecular complexity index is 970. The van der Waals surface area contributed by atoms with Gasteiger partial charge in [0.25, 0.3) is 0 Å². The summed E-state index contributed by atoms with van der Waals surface area (Å²) in [6, 6.07) is 0. The Morgan fingerprint density at radius 1 is 0.413 bits per heavy atom. The van der Waals surface area contributed by atoms with Gasteiger partial charge in [0.2, 0.25) is 0 Å². The van der Waals surface area contributed by atoms with E-state index >= 15 is 0 Å². The molecular weight excluding hydrogens is 790 g/mol. The van der Waals surface area contributed by atoms with Crippen LogP contribution >= 0.6 is 0 Å². The Morgan fingerprint density at radius 3 is 0.587 bits per heavy atom. The molecule has 4 aliphatic carbocycles. The molecule has 0 nitrogen and oxygen atoms in total. The predicted molar refractivity (Wildman–Crippen MR) is 195 cm³/mol. The molecule has 0 aromatic heterocycles. The van der Waals surface area contributed by atoms with Gasteiger partial charge in [-0.05, 0) is 21.7 Å². The van der Waals surface area contributed by atoms with Gasteiger partial charge in [-0.25, -0.2) is 46.6 Å². The van der Waals surface area contributed by atoms with Crippen LogP contribution in [0, 0.1) is 46.0 Å². The first-order valence-corrected chi connectivity index (χ1v) is 28.4. The van der Waals surface area contributed by atoms with Gasteiger partial charge < -0.3 is 24.8 Å². The van der Waals surface area contributed by atoms with Crippen LogP contribution in [0.1, 0.15) is 109 Å². The van der Waals surface area contributed by atoms with Crippen LogP contribution in [0.3, 0.4) is 0 Å². The molecule has 0 aromatic rings. The van der Waals surface area contributed by atoms with Crippen LogP contribution in [0.15, 0.2) is 70.9 Å². The number of hydrogen-bond donors (Lipinski definition) is 0. The molecule has 4 aliphatic rings. The molecule has 0 aromatic carbocycles. The molecule has 0 saturated heterocycles. The Hall–Kier alpha value is 0.700. The third-order valence-electron chi connectivity index (χ3n) is 6.01. The minimum Gasteiger partial charge on any atom is -1.00 e. The SMILES string of the molecule is CC(C)(C)C1=[C-]CC=C1.CC(C)(C)C1=[C-]CC=C1.CC(C)(C)C1=[C-]CC=C1.CC(C)(C)C1=[C-]CC=C1.C[Si](C)=[Zr+2].C[Si](C)=[Zr+2].[Cl-].[Cl-]. The fourth-order valence-corrected chi connectivity index (χ4v) is 3.68. The van der Waals surface area contributed by atoms with Gasteiger partial charge >= 0.3 is 83.7 Å². The summed E-state index contributed by atoms with van der Waals surface area (Å²) in [7, 11) is 0. The summed E-state index contributed by atoms with van der Waals surface area (Å²) in [5.74, 6) is 0. The normalized spacial score (nSPS) is 15.6. The quantitative estimate of drug-likeness (QED) is 0.194. The van der Waals surface area contributed by atoms with E-state index in [0.29, 0.717) is 21.7 Å². The summed E-state index contributed by atoms with van der Waals surface area (Å²) < 4.78 is 0. The van der Waals surface area contributed by atoms with Gasteiger partial charge in [0.15, 0.2) is 0 Å². The van der Waals surface area contributed by atoms with Crippen molar-refractivity contribution >= 4 is 10.9 Å². The molecule has 256 valence electrons. The van der Waals surface area contributed by atoms with Crippen molar-refractivity contribution in [1.82, 2.24) is 0 Å². The average Bonchev–Trinajstić information content (AvgIpc) is 3.64. The summed E-state index contributed by atoms with van der Waals surface area (Å²) in [5, 5.41) is 0. The first-order chi connectivity index (χ1) is 19.9. The number of allylic oxidation sites excluding steroid dienone is 16. The summed E-state index contributed by atoms with van der Waals surface area (Å²) in [5.41, 5.74) is 7.01. The van der Waals surface area contributed by atoms with Gasteiger partial charge in [-0.15, -0.1) is 25.7 Å². The molecule has 0 spiro atoms. The van der Waals surface area contributed by atoms with E-state index in [1.54, 1.807) is 46.7 Å². The van der Waals surface area contributed by atoms with Gasteiger partial charge in [-0.1, -0.05) is 83.1 Å². The van der Waals surface area contributed by atoms with E-state index in [2.05, 4.69) is 182 Å². The van der Waals surface area contributed by atoms with Crippen LogP contribution in [-0.2, 0) is 46.7 Å². The standard InChI is InChI=1S/4C9H13.2C2H6Si.2ClH.2Zr/c4*1-9(2,3)8-6-4-5-7-8;2*1-3-2;;;;/h4*4,6H,5H2,1-3H3;2*1-2H3;2*1H;;/q4*-1;;;;;2*+2/p-2. The van der Waals surface area contributed by atoms with Gasteiger partial charge in [0, 0.05) is 0 Å². The van der Waals surface area contributed by atoms with Crippen molar-refractivity contribution in [2.45, 2.75) is 135 Å². The Balaban J connectivity index is -0.000000234. The largest absolute Gasteiger partial charge is 1.00 e. The second-order valence-electron chi connectivity index (χ2n) is 15.8. The van der Waals surface area contributed by atoms with E-state index < -0.39 is 0 Å². The zero-order valence-electron chi connectivity index (χ0n) is 32.2. The molecule has 0 saturated carbocycles. The molecule has 0 amide bonds. The van der Waals surface area contributed by atoms with Gasteiger partial charge in [-0.2, -0.15) is 24.3 Å². The molecule has 0 atom stereocenters. The van der Waals surface area contributed by atoms with Crippen LogP contribution in [-0.4, -0.2) is 10.9 Å². The molecule has 0 aliphatic heterocycles. The minimum atomic E-state index is 0. The molecule has 46 heavy (non-hydrogen) atoms. The minimum absolute atomic E-state index is 0. The zero-order valence-corrected chi connectivity index (χ0v) is 40.6. The Morgan fingerprint density at radius 2 is 0.543 bits per heavy atom. The van der Waals surface area contributed by atoms with E-state index in [0.717, 1.165) is 25.7 Å². The van der Waals surface area contributed by atoms with E-state index in [4.69, 9.17) is 0 Å². The first-order valence-electron chi connectivity index (χ1n) is 16.0. The predicted octanol–water partition coefficient (Wildman–Crippen LogP) is 6.46. The fourth-order valence-electron chi connectivity index (χ4n) is 3.68. The molecule has 0 fully saturated rings. The van der Waals surface area contributed by atoms with Gasteiger partial charge in [0.05, 0.1) is 0 Å². The fraction of sp³-hybridized carbons (Fsp3) is 0.600. The molecule has 0 heterocycles. The summed E-state index contributed by atoms with van der Waals surface area (Å²) in [6.07, 6.45) is 34.5. The summed E-state index contributed by atoms with van der Waals surface area (Å²) in [6.45, 7) is 35.8. The monoisotopic (exact) mass is 850 g/mol. The van der Waals surface area contributed by atoms with E-state index in [1.807, 2.05) is 0 Å². The Labute approximate surface area is 331 Å². The van der Waals surface area contributed by atoms with Gasteiger partial charge in [-0.3, -0.25) is 24.3 Å². The van der Waals surface area contributed by atoms with Crippen molar-refractivity contribution in [2.75, 3.05) is 0 Å². The maximum Gasteiger partial charge on any atom is -1.00 e. The van der Waals surface area contributed by atoms with E-state index in [1.165, 1.54) is 22.3 Å². The maximum atomic E-state index is 3.30. The third-order valence-corrected chi connectivity index (χ3v) is 6.01. The zero-order chi connectivity index (χ0) is 34.8. The molecule has 0 bridgehead atoms. The van der Waals surface area contributed by atoms with Crippen molar-refractivity contribution in [3.8, 4) is 0 Å². The first kappa shape index (κ1) is 53.5. The van der Waals surface area contributed by atoms with Crippen molar-refractivity contribution in [1.29, 1.82) is 0 Å². The van der Waals surface area contributed by atoms with Gasteiger partial charge in [0.1, 0.15) is 0 Å². The third kappa shape index (κ3) is 30.7. The average molecular weight is 854 g/mol. The van der Waals surface area contributed by atoms with Crippen molar-refractivity contribution in [2.24, 2.45) is 21.7 Å². The van der Waals surface area contributed by atoms with Crippen LogP contribution < -0.4 is 24.8 Å². The summed E-state index contributed by atoms with van der Waals surface area (Å²) in [4.78, 5) is 0. The second kappa shape index (κ2) is 26.5. The second-order valence-corrected chi connectivity index (χ2v) is 34.5. The summed E-state index contributed by atoms with van der Waals surface area (Å²) >= 11 is 3.48. The van der Waals surface area contributed by atoms with Crippen LogP contribution in [0.5, 0.6) is 0 Å². The van der Waals surface area contributed by atoms with Crippen molar-refractivity contribution in [3.63, 3.8) is 0 Å². The number of halogens is 2. The van der Waals surface area contributed by atoms with Crippen molar-refractivity contribution in [3.05, 3.63) is 95.2 Å². The van der Waals surface area contributed by atoms with E-state index in [9.17, 15) is 0 Å². The number of rotatable bonds is 0. The smallest absolute Gasteiger partial charge is 1.00 e. The molecule has 0 unspecified atom stereocenters. The number of hydrogen-bond acceptors (Lipinski definition) is 0. The topological polar surface area (TPSA) is 0 Å². The van der Waals surface area contributed by atoms with Crippen molar-refractivity contribution < 1.29 is 71.5 Å². The van der Waals surface area contributed by atoms with Crippen LogP contribution in [0.25, 0.3) is 0 Å². The van der Waals surface area contributed by atoms with E-state index in [-0.39, 0.29) is 35.7 Å². The molecule has 4 rings (SSSR count). The maximum absolute atomic E-state index is 3.30. The molecular formula is C40H64Cl2Si2Zr2-2. The molecule has 0 N–H and O–H groups in total.